The Hall–Kier alpha value is -2.24. The number of rotatable bonds is 8. The lowest BCUT2D eigenvalue weighted by molar-refractivity contribution is -0.127. The number of hydrogen-bond acceptors (Lipinski definition) is 4. The molecule has 1 rings (SSSR count). The van der Waals surface area contributed by atoms with Gasteiger partial charge in [-0.1, -0.05) is 6.92 Å². The summed E-state index contributed by atoms with van der Waals surface area (Å²) in [6.07, 6.45) is 0.644. The second-order valence-electron chi connectivity index (χ2n) is 4.64. The molecule has 0 aliphatic heterocycles. The van der Waals surface area contributed by atoms with Gasteiger partial charge >= 0.3 is 0 Å². The minimum atomic E-state index is -0.652. The molecule has 2 amide bonds. The third-order valence-corrected chi connectivity index (χ3v) is 2.74. The van der Waals surface area contributed by atoms with E-state index in [1.54, 1.807) is 19.1 Å². The highest BCUT2D eigenvalue weighted by Crippen LogP contribution is 2.17. The molecule has 1 aromatic rings. The largest absolute Gasteiger partial charge is 0.508 e. The van der Waals surface area contributed by atoms with Gasteiger partial charge in [0.25, 0.3) is 5.91 Å². The molecular weight excluding hydrogens is 272 g/mol. The van der Waals surface area contributed by atoms with Gasteiger partial charge in [0.2, 0.25) is 5.91 Å². The van der Waals surface area contributed by atoms with Gasteiger partial charge in [0.15, 0.2) is 6.10 Å². The molecule has 0 radical (unpaired) electrons. The molecule has 6 heteroatoms. The summed E-state index contributed by atoms with van der Waals surface area (Å²) in [6.45, 7) is 4.33. The van der Waals surface area contributed by atoms with Crippen molar-refractivity contribution in [3.05, 3.63) is 24.3 Å². The number of phenolic OH excluding ortho intramolecular Hbond substituents is 1. The van der Waals surface area contributed by atoms with Gasteiger partial charge in [-0.3, -0.25) is 9.59 Å². The Labute approximate surface area is 124 Å². The summed E-state index contributed by atoms with van der Waals surface area (Å²) in [6, 6.07) is 6.15. The van der Waals surface area contributed by atoms with E-state index >= 15 is 0 Å². The van der Waals surface area contributed by atoms with Crippen molar-refractivity contribution in [3.8, 4) is 11.5 Å². The Kier molecular flexibility index (Phi) is 7.08. The van der Waals surface area contributed by atoms with E-state index in [1.807, 2.05) is 6.92 Å². The van der Waals surface area contributed by atoms with E-state index in [0.29, 0.717) is 25.3 Å². The second kappa shape index (κ2) is 8.84. The molecule has 0 fully saturated rings. The Morgan fingerprint density at radius 3 is 2.43 bits per heavy atom. The Balaban J connectivity index is 2.25. The third kappa shape index (κ3) is 6.65. The van der Waals surface area contributed by atoms with Crippen LogP contribution in [-0.2, 0) is 9.59 Å². The summed E-state index contributed by atoms with van der Waals surface area (Å²) in [5.74, 6) is 0.377. The monoisotopic (exact) mass is 294 g/mol. The predicted molar refractivity (Wildman–Crippen MR) is 79.1 cm³/mol. The van der Waals surface area contributed by atoms with E-state index in [4.69, 9.17) is 9.84 Å². The number of phenols is 1. The molecule has 0 aromatic heterocycles. The van der Waals surface area contributed by atoms with Crippen LogP contribution in [-0.4, -0.2) is 36.1 Å². The molecular formula is C15H22N2O4. The summed E-state index contributed by atoms with van der Waals surface area (Å²) < 4.78 is 5.44. The van der Waals surface area contributed by atoms with E-state index in [1.165, 1.54) is 12.1 Å². The van der Waals surface area contributed by atoms with Crippen LogP contribution in [0.4, 0.5) is 0 Å². The first-order valence-corrected chi connectivity index (χ1v) is 7.03. The average molecular weight is 294 g/mol. The minimum absolute atomic E-state index is 0.0138. The zero-order chi connectivity index (χ0) is 15.7. The lowest BCUT2D eigenvalue weighted by atomic mass is 10.3. The van der Waals surface area contributed by atoms with Crippen molar-refractivity contribution in [2.24, 2.45) is 0 Å². The van der Waals surface area contributed by atoms with E-state index < -0.39 is 6.10 Å². The van der Waals surface area contributed by atoms with E-state index in [2.05, 4.69) is 10.6 Å². The standard InChI is InChI=1S/C15H22N2O4/c1-3-4-14(19)16-9-10-17-15(20)11(2)21-13-7-5-12(18)6-8-13/h5-8,11,18H,3-4,9-10H2,1-2H3,(H,16,19)(H,17,20). The van der Waals surface area contributed by atoms with Gasteiger partial charge in [0, 0.05) is 19.5 Å². The molecule has 0 aliphatic carbocycles. The van der Waals surface area contributed by atoms with Gasteiger partial charge in [0.05, 0.1) is 0 Å². The van der Waals surface area contributed by atoms with Crippen molar-refractivity contribution in [3.63, 3.8) is 0 Å². The Morgan fingerprint density at radius 2 is 1.81 bits per heavy atom. The van der Waals surface area contributed by atoms with Crippen molar-refractivity contribution in [2.45, 2.75) is 32.8 Å². The zero-order valence-corrected chi connectivity index (χ0v) is 12.4. The molecule has 1 unspecified atom stereocenters. The van der Waals surface area contributed by atoms with Crippen LogP contribution in [0.3, 0.4) is 0 Å². The number of hydrogen-bond donors (Lipinski definition) is 3. The number of ether oxygens (including phenoxy) is 1. The molecule has 1 atom stereocenters. The van der Waals surface area contributed by atoms with E-state index in [9.17, 15) is 9.59 Å². The van der Waals surface area contributed by atoms with Crippen molar-refractivity contribution >= 4 is 11.8 Å². The van der Waals surface area contributed by atoms with Crippen LogP contribution in [0, 0.1) is 0 Å². The summed E-state index contributed by atoms with van der Waals surface area (Å²) in [5, 5.41) is 14.6. The number of benzene rings is 1. The molecule has 0 saturated carbocycles. The highest BCUT2D eigenvalue weighted by Gasteiger charge is 2.13. The number of nitrogens with one attached hydrogen (secondary N) is 2. The van der Waals surface area contributed by atoms with Gasteiger partial charge in [0.1, 0.15) is 11.5 Å². The number of carbonyl (C=O) groups is 2. The van der Waals surface area contributed by atoms with Crippen molar-refractivity contribution in [1.82, 2.24) is 10.6 Å². The molecule has 0 aliphatic rings. The fraction of sp³-hybridized carbons (Fsp3) is 0.467. The normalized spacial score (nSPS) is 11.5. The highest BCUT2D eigenvalue weighted by molar-refractivity contribution is 5.80. The quantitative estimate of drug-likeness (QED) is 0.629. The summed E-state index contributed by atoms with van der Waals surface area (Å²) >= 11 is 0. The fourth-order valence-corrected chi connectivity index (χ4v) is 1.63. The fourth-order valence-electron chi connectivity index (χ4n) is 1.63. The topological polar surface area (TPSA) is 87.7 Å². The number of aromatic hydroxyl groups is 1. The second-order valence-corrected chi connectivity index (χ2v) is 4.64. The molecule has 0 bridgehead atoms. The number of carbonyl (C=O) groups excluding carboxylic acids is 2. The summed E-state index contributed by atoms with van der Waals surface area (Å²) in [5.41, 5.74) is 0. The smallest absolute Gasteiger partial charge is 0.260 e. The van der Waals surface area contributed by atoms with Crippen LogP contribution < -0.4 is 15.4 Å². The van der Waals surface area contributed by atoms with E-state index in [0.717, 1.165) is 6.42 Å². The molecule has 1 aromatic carbocycles. The first kappa shape index (κ1) is 16.8. The molecule has 0 saturated heterocycles. The van der Waals surface area contributed by atoms with Crippen molar-refractivity contribution < 1.29 is 19.4 Å². The third-order valence-electron chi connectivity index (χ3n) is 2.74. The average Bonchev–Trinajstić information content (AvgIpc) is 2.46. The predicted octanol–water partition coefficient (Wildman–Crippen LogP) is 1.19. The first-order valence-electron chi connectivity index (χ1n) is 7.03. The molecule has 0 heterocycles. The van der Waals surface area contributed by atoms with Crippen LogP contribution >= 0.6 is 0 Å². The Bertz CT molecular complexity index is 459. The zero-order valence-electron chi connectivity index (χ0n) is 12.4. The van der Waals surface area contributed by atoms with Crippen LogP contribution in [0.15, 0.2) is 24.3 Å². The van der Waals surface area contributed by atoms with Gasteiger partial charge < -0.3 is 20.5 Å². The molecule has 21 heavy (non-hydrogen) atoms. The molecule has 3 N–H and O–H groups in total. The van der Waals surface area contributed by atoms with Crippen LogP contribution in [0.5, 0.6) is 11.5 Å². The highest BCUT2D eigenvalue weighted by atomic mass is 16.5. The maximum atomic E-state index is 11.8. The van der Waals surface area contributed by atoms with Crippen LogP contribution in [0.2, 0.25) is 0 Å². The molecule has 6 nitrogen and oxygen atoms in total. The minimum Gasteiger partial charge on any atom is -0.508 e. The Morgan fingerprint density at radius 1 is 1.19 bits per heavy atom. The van der Waals surface area contributed by atoms with Gasteiger partial charge in [-0.2, -0.15) is 0 Å². The maximum absolute atomic E-state index is 11.8. The van der Waals surface area contributed by atoms with Gasteiger partial charge in [-0.15, -0.1) is 0 Å². The van der Waals surface area contributed by atoms with Crippen LogP contribution in [0.1, 0.15) is 26.7 Å². The first-order chi connectivity index (χ1) is 10.0. The summed E-state index contributed by atoms with van der Waals surface area (Å²) in [4.78, 5) is 23.0. The lowest BCUT2D eigenvalue weighted by Crippen LogP contribution is -2.40. The molecule has 0 spiro atoms. The summed E-state index contributed by atoms with van der Waals surface area (Å²) in [7, 11) is 0. The van der Waals surface area contributed by atoms with Gasteiger partial charge in [-0.05, 0) is 37.6 Å². The molecule has 116 valence electrons. The van der Waals surface area contributed by atoms with E-state index in [-0.39, 0.29) is 17.6 Å². The van der Waals surface area contributed by atoms with Crippen LogP contribution in [0.25, 0.3) is 0 Å². The van der Waals surface area contributed by atoms with Crippen molar-refractivity contribution in [1.29, 1.82) is 0 Å². The van der Waals surface area contributed by atoms with Crippen molar-refractivity contribution in [2.75, 3.05) is 13.1 Å². The number of amides is 2. The SMILES string of the molecule is CCCC(=O)NCCNC(=O)C(C)Oc1ccc(O)cc1. The maximum Gasteiger partial charge on any atom is 0.260 e. The van der Waals surface area contributed by atoms with Gasteiger partial charge in [-0.25, -0.2) is 0 Å². The lowest BCUT2D eigenvalue weighted by Gasteiger charge is -2.15.